The zero-order chi connectivity index (χ0) is 14.1. The minimum atomic E-state index is 0.506. The summed E-state index contributed by atoms with van der Waals surface area (Å²) in [7, 11) is 6.00. The Labute approximate surface area is 120 Å². The first-order chi connectivity index (χ1) is 9.13. The van der Waals surface area contributed by atoms with Crippen LogP contribution in [0, 0.1) is 0 Å². The quantitative estimate of drug-likeness (QED) is 0.456. The summed E-state index contributed by atoms with van der Waals surface area (Å²) >= 11 is 1.75. The van der Waals surface area contributed by atoms with Gasteiger partial charge in [0.2, 0.25) is 0 Å². The van der Waals surface area contributed by atoms with Gasteiger partial charge in [-0.1, -0.05) is 6.92 Å². The van der Waals surface area contributed by atoms with E-state index in [4.69, 9.17) is 0 Å². The summed E-state index contributed by atoms with van der Waals surface area (Å²) in [5, 5.41) is 11.0. The molecule has 2 N–H and O–H groups in total. The lowest BCUT2D eigenvalue weighted by molar-refractivity contribution is 0.399. The lowest BCUT2D eigenvalue weighted by Crippen LogP contribution is -2.40. The molecule has 0 spiro atoms. The molecule has 108 valence electrons. The molecule has 0 aromatic carbocycles. The minimum Gasteiger partial charge on any atom is -0.356 e. The predicted octanol–water partition coefficient (Wildman–Crippen LogP) is 1.97. The topological polar surface area (TPSA) is 39.7 Å². The molecule has 1 rings (SSSR count). The molecule has 0 saturated heterocycles. The van der Waals surface area contributed by atoms with Gasteiger partial charge < -0.3 is 15.5 Å². The molecule has 0 fully saturated rings. The van der Waals surface area contributed by atoms with Gasteiger partial charge in [-0.05, 0) is 55.4 Å². The highest BCUT2D eigenvalue weighted by Gasteiger charge is 2.06. The third kappa shape index (κ3) is 6.59. The molecule has 19 heavy (non-hydrogen) atoms. The van der Waals surface area contributed by atoms with Gasteiger partial charge in [-0.3, -0.25) is 4.99 Å². The van der Waals surface area contributed by atoms with Crippen LogP contribution in [0.1, 0.15) is 24.8 Å². The van der Waals surface area contributed by atoms with Crippen molar-refractivity contribution in [3.63, 3.8) is 0 Å². The summed E-state index contributed by atoms with van der Waals surface area (Å²) in [5.41, 5.74) is 1.39. The molecule has 0 amide bonds. The molecule has 0 aliphatic carbocycles. The standard InChI is InChI=1S/C14H26N4S/c1-12(13-6-9-19-11-13)10-17-14(15-2)16-7-5-8-18(3)4/h6,9,11-12H,5,7-8,10H2,1-4H3,(H2,15,16,17). The summed E-state index contributed by atoms with van der Waals surface area (Å²) in [4.78, 5) is 6.43. The first kappa shape index (κ1) is 16.0. The summed E-state index contributed by atoms with van der Waals surface area (Å²) in [5.74, 6) is 1.40. The Kier molecular flexibility index (Phi) is 7.52. The fourth-order valence-corrected chi connectivity index (χ4v) is 2.53. The molecule has 1 aromatic heterocycles. The average molecular weight is 282 g/mol. The molecule has 0 bridgehead atoms. The Balaban J connectivity index is 2.22. The molecule has 1 unspecified atom stereocenters. The highest BCUT2D eigenvalue weighted by molar-refractivity contribution is 7.07. The van der Waals surface area contributed by atoms with Crippen molar-refractivity contribution in [1.29, 1.82) is 0 Å². The summed E-state index contributed by atoms with van der Waals surface area (Å²) in [6, 6.07) is 2.18. The largest absolute Gasteiger partial charge is 0.356 e. The van der Waals surface area contributed by atoms with Gasteiger partial charge in [0.05, 0.1) is 0 Å². The summed E-state index contributed by atoms with van der Waals surface area (Å²) in [6.07, 6.45) is 1.12. The van der Waals surface area contributed by atoms with Crippen molar-refractivity contribution in [1.82, 2.24) is 15.5 Å². The number of rotatable bonds is 7. The van der Waals surface area contributed by atoms with E-state index in [1.54, 1.807) is 11.3 Å². The Hall–Kier alpha value is -1.07. The Bertz CT molecular complexity index is 360. The van der Waals surface area contributed by atoms with Crippen LogP contribution >= 0.6 is 11.3 Å². The van der Waals surface area contributed by atoms with Gasteiger partial charge in [-0.15, -0.1) is 0 Å². The Morgan fingerprint density at radius 3 is 2.79 bits per heavy atom. The number of nitrogens with zero attached hydrogens (tertiary/aromatic N) is 2. The number of hydrogen-bond acceptors (Lipinski definition) is 3. The highest BCUT2D eigenvalue weighted by Crippen LogP contribution is 2.16. The first-order valence-corrected chi connectivity index (χ1v) is 7.69. The van der Waals surface area contributed by atoms with E-state index in [0.717, 1.165) is 32.0 Å². The van der Waals surface area contributed by atoms with E-state index in [2.05, 4.69) is 58.4 Å². The summed E-state index contributed by atoms with van der Waals surface area (Å²) < 4.78 is 0. The van der Waals surface area contributed by atoms with Gasteiger partial charge in [-0.2, -0.15) is 11.3 Å². The molecular weight excluding hydrogens is 256 g/mol. The van der Waals surface area contributed by atoms with E-state index < -0.39 is 0 Å². The smallest absolute Gasteiger partial charge is 0.190 e. The molecule has 0 aliphatic rings. The van der Waals surface area contributed by atoms with Gasteiger partial charge in [-0.25, -0.2) is 0 Å². The second kappa shape index (κ2) is 8.93. The van der Waals surface area contributed by atoms with Crippen LogP contribution in [0.25, 0.3) is 0 Å². The van der Waals surface area contributed by atoms with Gasteiger partial charge >= 0.3 is 0 Å². The number of hydrogen-bond donors (Lipinski definition) is 2. The second-order valence-electron chi connectivity index (χ2n) is 4.99. The molecule has 0 aliphatic heterocycles. The van der Waals surface area contributed by atoms with Crippen LogP contribution in [-0.2, 0) is 0 Å². The number of aliphatic imine (C=N–C) groups is 1. The van der Waals surface area contributed by atoms with Crippen LogP contribution < -0.4 is 10.6 Å². The van der Waals surface area contributed by atoms with Crippen molar-refractivity contribution in [3.8, 4) is 0 Å². The van der Waals surface area contributed by atoms with Gasteiger partial charge in [0.1, 0.15) is 0 Å². The van der Waals surface area contributed by atoms with Gasteiger partial charge in [0.25, 0.3) is 0 Å². The number of nitrogens with one attached hydrogen (secondary N) is 2. The maximum Gasteiger partial charge on any atom is 0.190 e. The average Bonchev–Trinajstić information content (AvgIpc) is 2.91. The predicted molar refractivity (Wildman–Crippen MR) is 85.3 cm³/mol. The maximum atomic E-state index is 4.24. The minimum absolute atomic E-state index is 0.506. The van der Waals surface area contributed by atoms with Crippen molar-refractivity contribution in [3.05, 3.63) is 22.4 Å². The van der Waals surface area contributed by atoms with Gasteiger partial charge in [0.15, 0.2) is 5.96 Å². The highest BCUT2D eigenvalue weighted by atomic mass is 32.1. The lowest BCUT2D eigenvalue weighted by atomic mass is 10.1. The van der Waals surface area contributed by atoms with E-state index in [9.17, 15) is 0 Å². The van der Waals surface area contributed by atoms with Crippen LogP contribution in [0.2, 0.25) is 0 Å². The summed E-state index contributed by atoms with van der Waals surface area (Å²) in [6.45, 7) is 5.18. The van der Waals surface area contributed by atoms with Gasteiger partial charge in [0, 0.05) is 20.1 Å². The van der Waals surface area contributed by atoms with E-state index in [0.29, 0.717) is 5.92 Å². The van der Waals surface area contributed by atoms with Crippen LogP contribution in [0.15, 0.2) is 21.8 Å². The van der Waals surface area contributed by atoms with Crippen LogP contribution in [-0.4, -0.2) is 51.6 Å². The van der Waals surface area contributed by atoms with Crippen LogP contribution in [0.3, 0.4) is 0 Å². The molecular formula is C14H26N4S. The van der Waals surface area contributed by atoms with E-state index in [-0.39, 0.29) is 0 Å². The molecule has 1 aromatic rings. The van der Waals surface area contributed by atoms with Crippen LogP contribution in [0.5, 0.6) is 0 Å². The monoisotopic (exact) mass is 282 g/mol. The Morgan fingerprint density at radius 2 is 2.21 bits per heavy atom. The van der Waals surface area contributed by atoms with Crippen molar-refractivity contribution < 1.29 is 0 Å². The number of guanidine groups is 1. The zero-order valence-corrected chi connectivity index (χ0v) is 13.3. The van der Waals surface area contributed by atoms with Crippen LogP contribution in [0.4, 0.5) is 0 Å². The number of thiophene rings is 1. The SMILES string of the molecule is CN=C(NCCCN(C)C)NCC(C)c1ccsc1. The fraction of sp³-hybridized carbons (Fsp3) is 0.643. The lowest BCUT2D eigenvalue weighted by Gasteiger charge is -2.16. The first-order valence-electron chi connectivity index (χ1n) is 6.74. The third-order valence-electron chi connectivity index (χ3n) is 2.99. The molecule has 5 heteroatoms. The maximum absolute atomic E-state index is 4.24. The molecule has 4 nitrogen and oxygen atoms in total. The zero-order valence-electron chi connectivity index (χ0n) is 12.4. The molecule has 1 atom stereocenters. The third-order valence-corrected chi connectivity index (χ3v) is 3.69. The van der Waals surface area contributed by atoms with E-state index in [1.165, 1.54) is 5.56 Å². The van der Waals surface area contributed by atoms with Crippen molar-refractivity contribution in [2.24, 2.45) is 4.99 Å². The van der Waals surface area contributed by atoms with Crippen molar-refractivity contribution >= 4 is 17.3 Å². The molecule has 1 heterocycles. The van der Waals surface area contributed by atoms with E-state index >= 15 is 0 Å². The normalized spacial score (nSPS) is 13.6. The molecule has 0 radical (unpaired) electrons. The Morgan fingerprint density at radius 1 is 1.42 bits per heavy atom. The fourth-order valence-electron chi connectivity index (χ4n) is 1.75. The molecule has 0 saturated carbocycles. The van der Waals surface area contributed by atoms with Crippen molar-refractivity contribution in [2.45, 2.75) is 19.3 Å². The van der Waals surface area contributed by atoms with Crippen molar-refractivity contribution in [2.75, 3.05) is 40.8 Å². The second-order valence-corrected chi connectivity index (χ2v) is 5.77. The van der Waals surface area contributed by atoms with E-state index in [1.807, 2.05) is 7.05 Å².